The highest BCUT2D eigenvalue weighted by Crippen LogP contribution is 2.30. The van der Waals surface area contributed by atoms with Gasteiger partial charge in [-0.05, 0) is 48.4 Å². The Balaban J connectivity index is 1.78. The van der Waals surface area contributed by atoms with Crippen molar-refractivity contribution in [2.75, 3.05) is 7.11 Å². The number of carbonyl (C=O) groups excluding carboxylic acids is 1. The fourth-order valence-corrected chi connectivity index (χ4v) is 2.45. The smallest absolute Gasteiger partial charge is 0.367 e. The number of methoxy groups -OCH3 is 1. The molecule has 1 aliphatic heterocycles. The van der Waals surface area contributed by atoms with Crippen LogP contribution in [-0.4, -0.2) is 18.8 Å². The van der Waals surface area contributed by atoms with E-state index in [1.807, 2.05) is 30.3 Å². The maximum absolute atomic E-state index is 11.6. The summed E-state index contributed by atoms with van der Waals surface area (Å²) in [5, 5.41) is 4.34. The monoisotopic (exact) mass is 357 g/mol. The molecule has 6 heteroatoms. The summed E-state index contributed by atoms with van der Waals surface area (Å²) < 4.78 is 11.2. The second-order valence-electron chi connectivity index (χ2n) is 5.44. The lowest BCUT2D eigenvalue weighted by molar-refractivity contribution is -0.136. The summed E-state index contributed by atoms with van der Waals surface area (Å²) in [6.07, 6.45) is 1.71. The van der Waals surface area contributed by atoms with Crippen LogP contribution < -0.4 is 9.47 Å². The third-order valence-electron chi connectivity index (χ3n) is 3.68. The van der Waals surface area contributed by atoms with Crippen LogP contribution in [0.3, 0.4) is 0 Å². The summed E-state index contributed by atoms with van der Waals surface area (Å²) in [6.45, 7) is 2.11. The molecule has 5 nitrogen and oxygen atoms in total. The van der Waals surface area contributed by atoms with Crippen LogP contribution in [0.4, 0.5) is 0 Å². The number of carbonyl (C=O) groups is 1. The molecule has 0 fully saturated rings. The quantitative estimate of drug-likeness (QED) is 0.593. The van der Waals surface area contributed by atoms with Gasteiger partial charge in [0.25, 0.3) is 0 Å². The Bertz CT molecular complexity index is 856. The molecule has 0 amide bonds. The Labute approximate surface area is 150 Å². The molecule has 0 unspecified atom stereocenters. The lowest BCUT2D eigenvalue weighted by Gasteiger charge is -2.11. The largest absolute Gasteiger partial charge is 0.493 e. The predicted molar refractivity (Wildman–Crippen MR) is 96.0 cm³/mol. The molecule has 0 radical (unpaired) electrons. The summed E-state index contributed by atoms with van der Waals surface area (Å²) in [5.41, 5.74) is 2.76. The number of nitrogens with zero attached hydrogens (tertiary/aromatic N) is 1. The number of oxime groups is 1. The first-order valence-electron chi connectivity index (χ1n) is 7.60. The lowest BCUT2D eigenvalue weighted by atomic mass is 10.1. The molecule has 2 aromatic rings. The van der Waals surface area contributed by atoms with Crippen LogP contribution in [-0.2, 0) is 16.2 Å². The van der Waals surface area contributed by atoms with E-state index in [0.717, 1.165) is 11.1 Å². The van der Waals surface area contributed by atoms with E-state index in [9.17, 15) is 4.79 Å². The molecule has 0 atom stereocenters. The third kappa shape index (κ3) is 4.00. The van der Waals surface area contributed by atoms with E-state index in [-0.39, 0.29) is 0 Å². The summed E-state index contributed by atoms with van der Waals surface area (Å²) >= 11 is 5.88. The van der Waals surface area contributed by atoms with E-state index in [0.29, 0.717) is 34.4 Å². The maximum Gasteiger partial charge on any atom is 0.367 e. The molecule has 25 heavy (non-hydrogen) atoms. The van der Waals surface area contributed by atoms with E-state index in [4.69, 9.17) is 21.1 Å². The average Bonchev–Trinajstić information content (AvgIpc) is 2.93. The van der Waals surface area contributed by atoms with Crippen molar-refractivity contribution in [1.82, 2.24) is 0 Å². The van der Waals surface area contributed by atoms with Crippen LogP contribution in [0.1, 0.15) is 18.1 Å². The molecule has 0 bridgehead atoms. The molecular weight excluding hydrogens is 342 g/mol. The number of rotatable bonds is 5. The van der Waals surface area contributed by atoms with Gasteiger partial charge in [0.2, 0.25) is 0 Å². The van der Waals surface area contributed by atoms with E-state index >= 15 is 0 Å². The molecule has 0 saturated heterocycles. The van der Waals surface area contributed by atoms with Crippen molar-refractivity contribution in [2.24, 2.45) is 5.16 Å². The van der Waals surface area contributed by atoms with Gasteiger partial charge in [0.1, 0.15) is 6.61 Å². The topological polar surface area (TPSA) is 57.1 Å². The molecule has 128 valence electrons. The molecule has 1 aliphatic rings. The molecule has 0 aromatic heterocycles. The van der Waals surface area contributed by atoms with Crippen molar-refractivity contribution in [3.8, 4) is 11.5 Å². The second-order valence-corrected chi connectivity index (χ2v) is 5.88. The Morgan fingerprint density at radius 2 is 1.92 bits per heavy atom. The minimum atomic E-state index is -0.459. The van der Waals surface area contributed by atoms with Gasteiger partial charge in [-0.3, -0.25) is 0 Å². The molecule has 0 N–H and O–H groups in total. The van der Waals surface area contributed by atoms with Crippen molar-refractivity contribution in [1.29, 1.82) is 0 Å². The van der Waals surface area contributed by atoms with Crippen LogP contribution in [0.2, 0.25) is 5.02 Å². The van der Waals surface area contributed by atoms with Gasteiger partial charge in [0.15, 0.2) is 11.5 Å². The van der Waals surface area contributed by atoms with Crippen molar-refractivity contribution < 1.29 is 19.1 Å². The van der Waals surface area contributed by atoms with Crippen molar-refractivity contribution in [3.63, 3.8) is 0 Å². The highest BCUT2D eigenvalue weighted by atomic mass is 35.5. The van der Waals surface area contributed by atoms with Gasteiger partial charge >= 0.3 is 5.97 Å². The molecule has 0 saturated carbocycles. The first-order chi connectivity index (χ1) is 12.1. The zero-order chi connectivity index (χ0) is 17.8. The molecule has 3 rings (SSSR count). The Hall–Kier alpha value is -2.79. The molecule has 1 heterocycles. The highest BCUT2D eigenvalue weighted by Gasteiger charge is 2.21. The van der Waals surface area contributed by atoms with Gasteiger partial charge in [0.05, 0.1) is 18.4 Å². The first-order valence-corrected chi connectivity index (χ1v) is 7.98. The molecule has 2 aromatic carbocycles. The van der Waals surface area contributed by atoms with Gasteiger partial charge < -0.3 is 14.3 Å². The summed E-state index contributed by atoms with van der Waals surface area (Å²) in [5.74, 6) is 0.725. The standard InChI is InChI=1S/C19H16ClNO4/c1-12-16(19(22)25-21-12)9-14-5-8-17(18(10-14)23-2)24-11-13-3-6-15(20)7-4-13/h3-10H,11H2,1-2H3/b16-9+. The Kier molecular flexibility index (Phi) is 5.05. The molecule has 0 spiro atoms. The average molecular weight is 358 g/mol. The van der Waals surface area contributed by atoms with Gasteiger partial charge in [0, 0.05) is 5.02 Å². The van der Waals surface area contributed by atoms with Gasteiger partial charge in [-0.1, -0.05) is 35.0 Å². The normalized spacial score (nSPS) is 15.1. The highest BCUT2D eigenvalue weighted by molar-refractivity contribution is 6.30. The molecular formula is C19H16ClNO4. The fourth-order valence-electron chi connectivity index (χ4n) is 2.32. The number of ether oxygens (including phenoxy) is 2. The summed E-state index contributed by atoms with van der Waals surface area (Å²) in [7, 11) is 1.57. The van der Waals surface area contributed by atoms with Gasteiger partial charge in [-0.2, -0.15) is 0 Å². The fraction of sp³-hybridized carbons (Fsp3) is 0.158. The predicted octanol–water partition coefficient (Wildman–Crippen LogP) is 4.24. The van der Waals surface area contributed by atoms with E-state index in [1.54, 1.807) is 32.2 Å². The van der Waals surface area contributed by atoms with Gasteiger partial charge in [-0.15, -0.1) is 0 Å². The van der Waals surface area contributed by atoms with Gasteiger partial charge in [-0.25, -0.2) is 4.79 Å². The maximum atomic E-state index is 11.6. The zero-order valence-electron chi connectivity index (χ0n) is 13.8. The number of halogens is 1. The second kappa shape index (κ2) is 7.40. The number of hydrogen-bond donors (Lipinski definition) is 0. The summed E-state index contributed by atoms with van der Waals surface area (Å²) in [4.78, 5) is 16.3. The van der Waals surface area contributed by atoms with E-state index < -0.39 is 5.97 Å². The van der Waals surface area contributed by atoms with Crippen LogP contribution in [0, 0.1) is 0 Å². The van der Waals surface area contributed by atoms with Crippen LogP contribution in [0.15, 0.2) is 53.2 Å². The Morgan fingerprint density at radius 3 is 2.56 bits per heavy atom. The van der Waals surface area contributed by atoms with Crippen molar-refractivity contribution in [2.45, 2.75) is 13.5 Å². The minimum Gasteiger partial charge on any atom is -0.493 e. The van der Waals surface area contributed by atoms with Crippen LogP contribution in [0.5, 0.6) is 11.5 Å². The minimum absolute atomic E-state index is 0.395. The first kappa shape index (κ1) is 17.0. The van der Waals surface area contributed by atoms with Crippen molar-refractivity contribution in [3.05, 3.63) is 64.2 Å². The van der Waals surface area contributed by atoms with Crippen LogP contribution in [0.25, 0.3) is 6.08 Å². The number of hydrogen-bond acceptors (Lipinski definition) is 5. The Morgan fingerprint density at radius 1 is 1.16 bits per heavy atom. The van der Waals surface area contributed by atoms with E-state index in [2.05, 4.69) is 9.99 Å². The van der Waals surface area contributed by atoms with Crippen LogP contribution >= 0.6 is 11.6 Å². The van der Waals surface area contributed by atoms with Crippen molar-refractivity contribution >= 4 is 29.4 Å². The van der Waals surface area contributed by atoms with E-state index in [1.165, 1.54) is 0 Å². The lowest BCUT2D eigenvalue weighted by Crippen LogP contribution is -2.02. The zero-order valence-corrected chi connectivity index (χ0v) is 14.5. The SMILES string of the molecule is COc1cc(/C=C2/C(=O)ON=C2C)ccc1OCc1ccc(Cl)cc1. The summed E-state index contributed by atoms with van der Waals surface area (Å²) in [6, 6.07) is 12.9. The number of benzene rings is 2. The molecule has 0 aliphatic carbocycles. The third-order valence-corrected chi connectivity index (χ3v) is 3.93.